The fourth-order valence-corrected chi connectivity index (χ4v) is 2.92. The van der Waals surface area contributed by atoms with E-state index in [-0.39, 0.29) is 19.3 Å². The third-order valence-electron chi connectivity index (χ3n) is 4.54. The van der Waals surface area contributed by atoms with Crippen molar-refractivity contribution in [3.8, 4) is 0 Å². The predicted molar refractivity (Wildman–Crippen MR) is 103 cm³/mol. The van der Waals surface area contributed by atoms with E-state index in [0.29, 0.717) is 31.6 Å². The highest BCUT2D eigenvalue weighted by Crippen LogP contribution is 2.08. The lowest BCUT2D eigenvalue weighted by Gasteiger charge is -2.12. The summed E-state index contributed by atoms with van der Waals surface area (Å²) in [6, 6.07) is -3.06. The molecule has 12 nitrogen and oxygen atoms in total. The third-order valence-corrected chi connectivity index (χ3v) is 4.54. The summed E-state index contributed by atoms with van der Waals surface area (Å²) in [5, 5.41) is 29.5. The zero-order chi connectivity index (χ0) is 22.8. The summed E-state index contributed by atoms with van der Waals surface area (Å²) >= 11 is 0. The predicted octanol–water partition coefficient (Wildman–Crippen LogP) is -1.71. The minimum atomic E-state index is -1.18. The van der Waals surface area contributed by atoms with Gasteiger partial charge in [-0.25, -0.2) is 13.9 Å². The number of aliphatic carboxylic acids is 3. The number of nitrogens with one attached hydrogen (secondary N) is 1. The Balaban J connectivity index is 2.90. The molecule has 1 aromatic rings. The smallest absolute Gasteiger partial charge is 0.326 e. The molecule has 30 heavy (non-hydrogen) atoms. The van der Waals surface area contributed by atoms with Crippen LogP contribution >= 0.6 is 0 Å². The molecule has 0 aliphatic rings. The van der Waals surface area contributed by atoms with E-state index < -0.39 is 41.9 Å². The number of hydrogen-bond donors (Lipinski definition) is 6. The Labute approximate surface area is 173 Å². The molecule has 1 heterocycles. The number of carboxylic acids is 3. The minimum absolute atomic E-state index is 0.0293. The average molecular weight is 428 g/mol. The van der Waals surface area contributed by atoms with E-state index in [4.69, 9.17) is 21.7 Å². The first-order valence-corrected chi connectivity index (χ1v) is 9.56. The number of nitrogens with zero attached hydrogens (tertiary/aromatic N) is 2. The second kappa shape index (κ2) is 11.9. The normalized spacial score (nSPS) is 14.0. The second-order valence-corrected chi connectivity index (χ2v) is 7.14. The number of carboxylic acid groups (broad SMARTS) is 3. The van der Waals surface area contributed by atoms with Crippen LogP contribution in [0.5, 0.6) is 0 Å². The van der Waals surface area contributed by atoms with Crippen LogP contribution in [0.25, 0.3) is 0 Å². The molecule has 0 aromatic carbocycles. The summed E-state index contributed by atoms with van der Waals surface area (Å²) in [6.45, 7) is 2.10. The summed E-state index contributed by atoms with van der Waals surface area (Å²) in [5.74, 6) is -3.81. The standard InChI is InChI=1S/C18H29N5O7/c1-11(24)21-15(18(29)30)8-12-9-22(6-2-4-13(19)16(25)26)10-23(12)7-3-5-14(20)17(27)28/h9-10,13-15H,2-8,19-20H2,1H3,(H3-,21,24,25,26,27,28,29,30)/p+1/t13-,14-,15-/m0/s1. The molecule has 0 bridgehead atoms. The molecule has 0 aliphatic carbocycles. The van der Waals surface area contributed by atoms with E-state index in [1.807, 2.05) is 0 Å². The third kappa shape index (κ3) is 8.57. The van der Waals surface area contributed by atoms with E-state index >= 15 is 0 Å². The number of hydrogen-bond acceptors (Lipinski definition) is 6. The van der Waals surface area contributed by atoms with E-state index in [1.54, 1.807) is 21.7 Å². The first-order chi connectivity index (χ1) is 14.0. The maximum Gasteiger partial charge on any atom is 0.326 e. The molecular formula is C18H30N5O7+. The van der Waals surface area contributed by atoms with Crippen LogP contribution in [0.15, 0.2) is 12.5 Å². The molecule has 8 N–H and O–H groups in total. The maximum absolute atomic E-state index is 11.5. The number of aryl methyl sites for hydroxylation is 2. The van der Waals surface area contributed by atoms with Gasteiger partial charge in [-0.05, 0) is 25.7 Å². The van der Waals surface area contributed by atoms with Crippen LogP contribution < -0.4 is 21.4 Å². The minimum Gasteiger partial charge on any atom is -0.480 e. The van der Waals surface area contributed by atoms with Gasteiger partial charge in [0, 0.05) is 13.3 Å². The maximum atomic E-state index is 11.5. The van der Waals surface area contributed by atoms with E-state index in [9.17, 15) is 24.3 Å². The molecule has 0 aliphatic heterocycles. The molecule has 0 radical (unpaired) electrons. The number of carbonyl (C=O) groups is 4. The highest BCUT2D eigenvalue weighted by molar-refractivity contribution is 5.82. The van der Waals surface area contributed by atoms with Crippen LogP contribution in [0.3, 0.4) is 0 Å². The summed E-state index contributed by atoms with van der Waals surface area (Å²) in [5.41, 5.74) is 11.6. The first kappa shape index (κ1) is 25.0. The topological polar surface area (TPSA) is 202 Å². The van der Waals surface area contributed by atoms with E-state index in [2.05, 4.69) is 5.32 Å². The first-order valence-electron chi connectivity index (χ1n) is 9.56. The number of carbonyl (C=O) groups excluding carboxylic acids is 1. The molecule has 0 saturated heterocycles. The molecule has 0 saturated carbocycles. The molecule has 12 heteroatoms. The lowest BCUT2D eigenvalue weighted by atomic mass is 10.1. The molecule has 1 amide bonds. The van der Waals surface area contributed by atoms with Gasteiger partial charge in [-0.1, -0.05) is 0 Å². The molecule has 0 unspecified atom stereocenters. The molecule has 168 valence electrons. The van der Waals surface area contributed by atoms with Gasteiger partial charge < -0.3 is 32.1 Å². The molecule has 3 atom stereocenters. The van der Waals surface area contributed by atoms with Crippen molar-refractivity contribution in [1.82, 2.24) is 9.88 Å². The van der Waals surface area contributed by atoms with Crippen molar-refractivity contribution in [2.75, 3.05) is 0 Å². The largest absolute Gasteiger partial charge is 0.480 e. The molecule has 1 aromatic heterocycles. The van der Waals surface area contributed by atoms with Crippen molar-refractivity contribution in [1.29, 1.82) is 0 Å². The number of nitrogens with two attached hydrogens (primary N) is 2. The van der Waals surface area contributed by atoms with Crippen molar-refractivity contribution in [2.45, 2.75) is 70.2 Å². The Kier molecular flexibility index (Phi) is 9.92. The average Bonchev–Trinajstić information content (AvgIpc) is 3.01. The zero-order valence-corrected chi connectivity index (χ0v) is 16.9. The van der Waals surface area contributed by atoms with Crippen LogP contribution in [-0.2, 0) is 38.7 Å². The van der Waals surface area contributed by atoms with E-state index in [0.717, 1.165) is 0 Å². The van der Waals surface area contributed by atoms with Crippen molar-refractivity contribution in [3.63, 3.8) is 0 Å². The fourth-order valence-electron chi connectivity index (χ4n) is 2.92. The second-order valence-electron chi connectivity index (χ2n) is 7.14. The highest BCUT2D eigenvalue weighted by Gasteiger charge is 2.25. The zero-order valence-electron chi connectivity index (χ0n) is 16.9. The molecule has 0 spiro atoms. The lowest BCUT2D eigenvalue weighted by Crippen LogP contribution is -2.41. The Bertz CT molecular complexity index is 764. The highest BCUT2D eigenvalue weighted by atomic mass is 16.4. The SMILES string of the molecule is CC(=O)N[C@@H](Cc1c[n+](CCC[C@H](N)C(=O)O)cn1CCC[C@H](N)C(=O)O)C(=O)O. The van der Waals surface area contributed by atoms with E-state index in [1.165, 1.54) is 6.92 Å². The van der Waals surface area contributed by atoms with Crippen molar-refractivity contribution < 1.29 is 39.1 Å². The van der Waals surface area contributed by atoms with Gasteiger partial charge in [0.15, 0.2) is 0 Å². The fraction of sp³-hybridized carbons (Fsp3) is 0.611. The summed E-state index contributed by atoms with van der Waals surface area (Å²) < 4.78 is 3.57. The Morgan fingerprint density at radius 3 is 2.10 bits per heavy atom. The van der Waals surface area contributed by atoms with Gasteiger partial charge in [-0.3, -0.25) is 14.4 Å². The number of amides is 1. The quantitative estimate of drug-likeness (QED) is 0.187. The van der Waals surface area contributed by atoms with Crippen LogP contribution in [-0.4, -0.2) is 61.8 Å². The Hall–Kier alpha value is -2.99. The lowest BCUT2D eigenvalue weighted by molar-refractivity contribution is -0.697. The molecular weight excluding hydrogens is 398 g/mol. The summed E-state index contributed by atoms with van der Waals surface area (Å²) in [4.78, 5) is 44.4. The van der Waals surface area contributed by atoms with Crippen LogP contribution in [0, 0.1) is 0 Å². The van der Waals surface area contributed by atoms with Crippen molar-refractivity contribution >= 4 is 23.8 Å². The molecule has 1 rings (SSSR count). The van der Waals surface area contributed by atoms with Gasteiger partial charge in [0.2, 0.25) is 12.2 Å². The van der Waals surface area contributed by atoms with Gasteiger partial charge in [0.1, 0.15) is 30.0 Å². The Morgan fingerprint density at radius 1 is 1.03 bits per heavy atom. The molecule has 0 fully saturated rings. The van der Waals surface area contributed by atoms with Crippen LogP contribution in [0.2, 0.25) is 0 Å². The number of rotatable bonds is 14. The summed E-state index contributed by atoms with van der Waals surface area (Å²) in [6.07, 6.45) is 4.97. The number of aromatic nitrogens is 2. The van der Waals surface area contributed by atoms with Gasteiger partial charge in [0.25, 0.3) is 0 Å². The van der Waals surface area contributed by atoms with Gasteiger partial charge >= 0.3 is 17.9 Å². The summed E-state index contributed by atoms with van der Waals surface area (Å²) in [7, 11) is 0. The van der Waals surface area contributed by atoms with Crippen LogP contribution in [0.4, 0.5) is 0 Å². The number of imidazole rings is 1. The van der Waals surface area contributed by atoms with Gasteiger partial charge in [0.05, 0.1) is 13.1 Å². The Morgan fingerprint density at radius 2 is 1.60 bits per heavy atom. The monoisotopic (exact) mass is 428 g/mol. The van der Waals surface area contributed by atoms with Crippen LogP contribution in [0.1, 0.15) is 38.3 Å². The van der Waals surface area contributed by atoms with Crippen molar-refractivity contribution in [3.05, 3.63) is 18.2 Å². The van der Waals surface area contributed by atoms with Crippen molar-refractivity contribution in [2.24, 2.45) is 11.5 Å². The van der Waals surface area contributed by atoms with Gasteiger partial charge in [-0.15, -0.1) is 0 Å². The van der Waals surface area contributed by atoms with Gasteiger partial charge in [-0.2, -0.15) is 0 Å².